The number of nitrogens with zero attached hydrogens (tertiary/aromatic N) is 2. The summed E-state index contributed by atoms with van der Waals surface area (Å²) < 4.78 is 0. The normalized spacial score (nSPS) is 18.4. The van der Waals surface area contributed by atoms with Crippen molar-refractivity contribution < 1.29 is 4.79 Å². The number of amides is 1. The molecule has 0 radical (unpaired) electrons. The molecule has 1 amide bonds. The van der Waals surface area contributed by atoms with Gasteiger partial charge >= 0.3 is 0 Å². The van der Waals surface area contributed by atoms with E-state index in [0.29, 0.717) is 5.41 Å². The number of hydrogen-bond acceptors (Lipinski definition) is 4. The lowest BCUT2D eigenvalue weighted by molar-refractivity contribution is 0.0901. The number of benzene rings is 2. The Labute approximate surface area is 223 Å². The number of aromatic amines is 1. The summed E-state index contributed by atoms with van der Waals surface area (Å²) in [6, 6.07) is 20.2. The lowest BCUT2D eigenvalue weighted by Crippen LogP contribution is -2.39. The molecule has 1 fully saturated rings. The van der Waals surface area contributed by atoms with Gasteiger partial charge in [0.2, 0.25) is 0 Å². The van der Waals surface area contributed by atoms with E-state index in [0.717, 1.165) is 56.4 Å². The molecule has 37 heavy (non-hydrogen) atoms. The van der Waals surface area contributed by atoms with Gasteiger partial charge in [0.15, 0.2) is 0 Å². The molecule has 0 unspecified atom stereocenters. The molecule has 0 saturated heterocycles. The zero-order valence-electron chi connectivity index (χ0n) is 21.7. The van der Waals surface area contributed by atoms with E-state index in [1.165, 1.54) is 12.8 Å². The molecular formula is C31H34N4OS. The summed E-state index contributed by atoms with van der Waals surface area (Å²) >= 11 is 1.61. The quantitative estimate of drug-likeness (QED) is 0.280. The summed E-state index contributed by atoms with van der Waals surface area (Å²) in [6.45, 7) is 6.97. The molecule has 1 aliphatic rings. The minimum Gasteiger partial charge on any atom is -0.349 e. The topological polar surface area (TPSA) is 70.7 Å². The van der Waals surface area contributed by atoms with Crippen LogP contribution in [0, 0.1) is 11.3 Å². The molecule has 2 N–H and O–H groups in total. The summed E-state index contributed by atoms with van der Waals surface area (Å²) in [5.41, 5.74) is 3.79. The molecule has 5 rings (SSSR count). The summed E-state index contributed by atoms with van der Waals surface area (Å²) in [4.78, 5) is 19.6. The highest BCUT2D eigenvalue weighted by atomic mass is 32.2. The zero-order valence-corrected chi connectivity index (χ0v) is 22.5. The van der Waals surface area contributed by atoms with Crippen molar-refractivity contribution in [2.75, 3.05) is 0 Å². The van der Waals surface area contributed by atoms with Gasteiger partial charge in [0.05, 0.1) is 22.5 Å². The highest BCUT2D eigenvalue weighted by Gasteiger charge is 2.30. The van der Waals surface area contributed by atoms with Crippen LogP contribution in [0.2, 0.25) is 0 Å². The summed E-state index contributed by atoms with van der Waals surface area (Å²) in [5, 5.41) is 12.0. The van der Waals surface area contributed by atoms with Gasteiger partial charge in [0.1, 0.15) is 0 Å². The van der Waals surface area contributed by atoms with Gasteiger partial charge in [-0.25, -0.2) is 0 Å². The average Bonchev–Trinajstić information content (AvgIpc) is 3.30. The van der Waals surface area contributed by atoms with Crippen LogP contribution in [0.5, 0.6) is 0 Å². The number of rotatable bonds is 6. The van der Waals surface area contributed by atoms with Gasteiger partial charge in [-0.2, -0.15) is 5.10 Å². The Bertz CT molecular complexity index is 1400. The van der Waals surface area contributed by atoms with Crippen molar-refractivity contribution in [2.24, 2.45) is 11.3 Å². The highest BCUT2D eigenvalue weighted by Crippen LogP contribution is 2.38. The summed E-state index contributed by atoms with van der Waals surface area (Å²) in [6.07, 6.45) is 10.2. The first-order valence-electron chi connectivity index (χ1n) is 13.0. The Kier molecular flexibility index (Phi) is 7.47. The predicted octanol–water partition coefficient (Wildman–Crippen LogP) is 7.61. The fraction of sp³-hybridized carbons (Fsp3) is 0.323. The van der Waals surface area contributed by atoms with Crippen molar-refractivity contribution in [3.63, 3.8) is 0 Å². The maximum atomic E-state index is 13.3. The first kappa shape index (κ1) is 25.3. The maximum absolute atomic E-state index is 13.3. The standard InChI is InChI=1S/C31H34N4OS/c1-31(2,3)21-11-13-23(14-12-21)33-30(36)26-9-4-5-10-29(26)37-24-16-17-25-27(34-35-28(25)20-24)18-15-22-8-6-7-19-32-22/h4-10,15-21,23H,11-14H2,1-3H3,(H,33,36)(H,34,35)/b18-15+. The van der Waals surface area contributed by atoms with E-state index in [1.54, 1.807) is 18.0 Å². The Morgan fingerprint density at radius 3 is 2.54 bits per heavy atom. The van der Waals surface area contributed by atoms with Gasteiger partial charge in [0.25, 0.3) is 5.91 Å². The van der Waals surface area contributed by atoms with Gasteiger partial charge in [-0.05, 0) is 91.6 Å². The van der Waals surface area contributed by atoms with E-state index >= 15 is 0 Å². The molecule has 2 aromatic heterocycles. The monoisotopic (exact) mass is 510 g/mol. The van der Waals surface area contributed by atoms with E-state index in [2.05, 4.69) is 59.5 Å². The SMILES string of the molecule is CC(C)(C)C1CCC(NC(=O)c2ccccc2Sc2ccc3c(/C=C/c4ccccn4)n[nH]c3c2)CC1. The van der Waals surface area contributed by atoms with Crippen LogP contribution in [-0.4, -0.2) is 27.1 Å². The second-order valence-corrected chi connectivity index (χ2v) is 12.0. The first-order chi connectivity index (χ1) is 17.9. The Balaban J connectivity index is 1.27. The third-order valence-corrected chi connectivity index (χ3v) is 8.38. The minimum absolute atomic E-state index is 0.0203. The first-order valence-corrected chi connectivity index (χ1v) is 13.8. The molecule has 2 heterocycles. The summed E-state index contributed by atoms with van der Waals surface area (Å²) in [7, 11) is 0. The number of aromatic nitrogens is 3. The molecule has 2 aromatic carbocycles. The van der Waals surface area contributed by atoms with E-state index in [9.17, 15) is 4.79 Å². The van der Waals surface area contributed by atoms with Crippen LogP contribution in [0.4, 0.5) is 0 Å². The molecule has 6 heteroatoms. The van der Waals surface area contributed by atoms with Crippen LogP contribution < -0.4 is 5.32 Å². The van der Waals surface area contributed by atoms with Gasteiger partial charge < -0.3 is 5.32 Å². The van der Waals surface area contributed by atoms with Gasteiger partial charge in [0, 0.05) is 27.4 Å². The van der Waals surface area contributed by atoms with E-state index in [1.807, 2.05) is 54.6 Å². The highest BCUT2D eigenvalue weighted by molar-refractivity contribution is 7.99. The average molecular weight is 511 g/mol. The Morgan fingerprint density at radius 2 is 1.78 bits per heavy atom. The van der Waals surface area contributed by atoms with Crippen molar-refractivity contribution in [1.82, 2.24) is 20.5 Å². The van der Waals surface area contributed by atoms with Gasteiger partial charge in [-0.3, -0.25) is 14.9 Å². The molecule has 0 bridgehead atoms. The van der Waals surface area contributed by atoms with Crippen molar-refractivity contribution in [1.29, 1.82) is 0 Å². The van der Waals surface area contributed by atoms with Gasteiger partial charge in [-0.15, -0.1) is 0 Å². The van der Waals surface area contributed by atoms with Crippen LogP contribution in [0.1, 0.15) is 68.2 Å². The molecular weight excluding hydrogens is 476 g/mol. The molecule has 0 aliphatic heterocycles. The molecule has 0 atom stereocenters. The van der Waals surface area contributed by atoms with Gasteiger partial charge in [-0.1, -0.05) is 50.7 Å². The number of H-pyrrole nitrogens is 1. The molecule has 5 nitrogen and oxygen atoms in total. The zero-order chi connectivity index (χ0) is 25.8. The fourth-order valence-electron chi connectivity index (χ4n) is 5.09. The largest absolute Gasteiger partial charge is 0.349 e. The molecule has 0 spiro atoms. The van der Waals surface area contributed by atoms with Crippen molar-refractivity contribution in [3.05, 3.63) is 83.8 Å². The van der Waals surface area contributed by atoms with Crippen LogP contribution in [-0.2, 0) is 0 Å². The number of nitrogens with one attached hydrogen (secondary N) is 2. The lowest BCUT2D eigenvalue weighted by Gasteiger charge is -2.37. The molecule has 4 aromatic rings. The van der Waals surface area contributed by atoms with Crippen molar-refractivity contribution in [2.45, 2.75) is 62.3 Å². The molecule has 190 valence electrons. The van der Waals surface area contributed by atoms with E-state index in [-0.39, 0.29) is 11.9 Å². The number of hydrogen-bond donors (Lipinski definition) is 2. The van der Waals surface area contributed by atoms with Crippen molar-refractivity contribution in [3.8, 4) is 0 Å². The van der Waals surface area contributed by atoms with Crippen LogP contribution in [0.15, 0.2) is 76.7 Å². The molecule has 1 aliphatic carbocycles. The second kappa shape index (κ2) is 10.9. The molecule has 1 saturated carbocycles. The fourth-order valence-corrected chi connectivity index (χ4v) is 6.07. The van der Waals surface area contributed by atoms with E-state index in [4.69, 9.17) is 0 Å². The smallest absolute Gasteiger partial charge is 0.252 e. The predicted molar refractivity (Wildman–Crippen MR) is 152 cm³/mol. The number of carbonyl (C=O) groups excluding carboxylic acids is 1. The van der Waals surface area contributed by atoms with Crippen molar-refractivity contribution >= 4 is 40.7 Å². The maximum Gasteiger partial charge on any atom is 0.252 e. The summed E-state index contributed by atoms with van der Waals surface area (Å²) in [5.74, 6) is 0.749. The van der Waals surface area contributed by atoms with Crippen LogP contribution in [0.3, 0.4) is 0 Å². The minimum atomic E-state index is 0.0203. The van der Waals surface area contributed by atoms with Crippen LogP contribution in [0.25, 0.3) is 23.1 Å². The third kappa shape index (κ3) is 6.13. The number of pyridine rings is 1. The number of carbonyl (C=O) groups is 1. The van der Waals surface area contributed by atoms with Crippen LogP contribution >= 0.6 is 11.8 Å². The second-order valence-electron chi connectivity index (χ2n) is 10.9. The number of fused-ring (bicyclic) bond motifs is 1. The Hall–Kier alpha value is -3.38. The van der Waals surface area contributed by atoms with E-state index < -0.39 is 0 Å². The lowest BCUT2D eigenvalue weighted by atomic mass is 9.71. The Morgan fingerprint density at radius 1 is 1.00 bits per heavy atom. The third-order valence-electron chi connectivity index (χ3n) is 7.31.